The van der Waals surface area contributed by atoms with Crippen molar-refractivity contribution in [3.63, 3.8) is 0 Å². The molecular weight excluding hydrogens is 428 g/mol. The van der Waals surface area contributed by atoms with Gasteiger partial charge in [-0.1, -0.05) is 48.0 Å². The Morgan fingerprint density at radius 3 is 2.62 bits per heavy atom. The van der Waals surface area contributed by atoms with Crippen molar-refractivity contribution in [1.82, 2.24) is 5.32 Å². The number of hydrogen-bond donors (Lipinski definition) is 2. The van der Waals surface area contributed by atoms with E-state index in [1.54, 1.807) is 43.3 Å². The van der Waals surface area contributed by atoms with Crippen molar-refractivity contribution in [2.45, 2.75) is 19.4 Å². The van der Waals surface area contributed by atoms with Crippen molar-refractivity contribution < 1.29 is 19.1 Å². The highest BCUT2D eigenvalue weighted by Crippen LogP contribution is 2.31. The van der Waals surface area contributed by atoms with Gasteiger partial charge in [-0.2, -0.15) is 0 Å². The molecule has 1 aliphatic rings. The summed E-state index contributed by atoms with van der Waals surface area (Å²) in [6.07, 6.45) is 0.0713. The number of fused-ring (bicyclic) bond motifs is 1. The van der Waals surface area contributed by atoms with E-state index in [1.165, 1.54) is 0 Å². The zero-order valence-corrected chi connectivity index (χ0v) is 18.1. The van der Waals surface area contributed by atoms with E-state index in [9.17, 15) is 14.4 Å². The van der Waals surface area contributed by atoms with E-state index in [2.05, 4.69) is 10.6 Å². The third-order valence-corrected chi connectivity index (χ3v) is 5.77. The van der Waals surface area contributed by atoms with E-state index < -0.39 is 18.0 Å². The second-order valence-electron chi connectivity index (χ2n) is 7.52. The van der Waals surface area contributed by atoms with Gasteiger partial charge in [-0.25, -0.2) is 4.79 Å². The zero-order valence-electron chi connectivity index (χ0n) is 17.4. The topological polar surface area (TPSA) is 84.5 Å². The lowest BCUT2D eigenvalue weighted by Crippen LogP contribution is -2.33. The predicted octanol–water partition coefficient (Wildman–Crippen LogP) is 4.47. The van der Waals surface area contributed by atoms with Crippen molar-refractivity contribution in [3.05, 3.63) is 99.6 Å². The third-order valence-electron chi connectivity index (χ3n) is 5.36. The van der Waals surface area contributed by atoms with E-state index in [1.807, 2.05) is 30.3 Å². The molecule has 0 saturated heterocycles. The van der Waals surface area contributed by atoms with E-state index in [0.29, 0.717) is 28.3 Å². The van der Waals surface area contributed by atoms with Gasteiger partial charge in [0.05, 0.1) is 12.1 Å². The average molecular weight is 449 g/mol. The standard InChI is InChI=1S/C25H21ClN2O4/c1-15-20(26)8-5-9-21(15)28-23(29)14-27-24(30)17-10-11-19-18(12-17)13-22(32-25(19)31)16-6-3-2-4-7-16/h2-12,22H,13-14H2,1H3,(H,27,30)(H,28,29). The number of anilines is 1. The zero-order chi connectivity index (χ0) is 22.7. The van der Waals surface area contributed by atoms with Crippen LogP contribution in [0.15, 0.2) is 66.7 Å². The number of amides is 2. The maximum absolute atomic E-state index is 12.6. The van der Waals surface area contributed by atoms with Crippen molar-refractivity contribution in [2.24, 2.45) is 0 Å². The van der Waals surface area contributed by atoms with Crippen LogP contribution in [0.5, 0.6) is 0 Å². The van der Waals surface area contributed by atoms with Crippen molar-refractivity contribution in [1.29, 1.82) is 0 Å². The molecule has 0 fully saturated rings. The Balaban J connectivity index is 1.42. The van der Waals surface area contributed by atoms with Gasteiger partial charge in [-0.3, -0.25) is 9.59 Å². The molecule has 1 unspecified atom stereocenters. The van der Waals surface area contributed by atoms with Gasteiger partial charge in [0.1, 0.15) is 6.10 Å². The van der Waals surface area contributed by atoms with Gasteiger partial charge in [0.2, 0.25) is 5.91 Å². The summed E-state index contributed by atoms with van der Waals surface area (Å²) in [5.74, 6) is -1.18. The Kier molecular flexibility index (Phi) is 6.23. The molecule has 0 bridgehead atoms. The van der Waals surface area contributed by atoms with Gasteiger partial charge in [-0.05, 0) is 53.9 Å². The molecule has 7 heteroatoms. The molecule has 4 rings (SSSR count). The normalized spacial score (nSPS) is 14.8. The lowest BCUT2D eigenvalue weighted by atomic mass is 9.93. The number of carbonyl (C=O) groups excluding carboxylic acids is 3. The van der Waals surface area contributed by atoms with Crippen LogP contribution in [-0.4, -0.2) is 24.3 Å². The Morgan fingerprint density at radius 2 is 1.84 bits per heavy atom. The van der Waals surface area contributed by atoms with Crippen LogP contribution in [0.25, 0.3) is 0 Å². The Hall–Kier alpha value is -3.64. The number of rotatable bonds is 5. The number of cyclic esters (lactones) is 1. The molecule has 1 atom stereocenters. The molecule has 6 nitrogen and oxygen atoms in total. The summed E-state index contributed by atoms with van der Waals surface area (Å²) in [7, 11) is 0. The minimum Gasteiger partial charge on any atom is -0.454 e. The molecule has 0 spiro atoms. The molecule has 0 saturated carbocycles. The molecule has 0 aromatic heterocycles. The smallest absolute Gasteiger partial charge is 0.339 e. The van der Waals surface area contributed by atoms with Gasteiger partial charge in [0, 0.05) is 22.7 Å². The first-order valence-electron chi connectivity index (χ1n) is 10.1. The first kappa shape index (κ1) is 21.6. The molecule has 32 heavy (non-hydrogen) atoms. The summed E-state index contributed by atoms with van der Waals surface area (Å²) in [5.41, 5.74) is 3.80. The molecule has 1 heterocycles. The molecule has 0 aliphatic carbocycles. The Labute approximate surface area is 190 Å². The van der Waals surface area contributed by atoms with Crippen LogP contribution in [-0.2, 0) is 16.0 Å². The van der Waals surface area contributed by atoms with Gasteiger partial charge in [0.25, 0.3) is 5.91 Å². The molecule has 2 amide bonds. The summed E-state index contributed by atoms with van der Waals surface area (Å²) in [6.45, 7) is 1.61. The largest absolute Gasteiger partial charge is 0.454 e. The minimum absolute atomic E-state index is 0.198. The van der Waals surface area contributed by atoms with Crippen LogP contribution in [0.3, 0.4) is 0 Å². The summed E-state index contributed by atoms with van der Waals surface area (Å²) in [6, 6.07) is 19.5. The summed E-state index contributed by atoms with van der Waals surface area (Å²) in [5, 5.41) is 5.90. The molecular formula is C25H21ClN2O4. The number of hydrogen-bond acceptors (Lipinski definition) is 4. The van der Waals surface area contributed by atoms with Gasteiger partial charge in [-0.15, -0.1) is 0 Å². The highest BCUT2D eigenvalue weighted by molar-refractivity contribution is 6.31. The summed E-state index contributed by atoms with van der Waals surface area (Å²) >= 11 is 6.07. The molecule has 3 aromatic rings. The van der Waals surface area contributed by atoms with Crippen LogP contribution >= 0.6 is 11.6 Å². The Morgan fingerprint density at radius 1 is 1.06 bits per heavy atom. The van der Waals surface area contributed by atoms with Gasteiger partial charge >= 0.3 is 5.97 Å². The van der Waals surface area contributed by atoms with E-state index in [-0.39, 0.29) is 12.5 Å². The fraction of sp³-hybridized carbons (Fsp3) is 0.160. The minimum atomic E-state index is -0.414. The maximum atomic E-state index is 12.6. The molecule has 162 valence electrons. The number of esters is 1. The monoisotopic (exact) mass is 448 g/mol. The number of carbonyl (C=O) groups is 3. The predicted molar refractivity (Wildman–Crippen MR) is 122 cm³/mol. The maximum Gasteiger partial charge on any atom is 0.339 e. The quantitative estimate of drug-likeness (QED) is 0.564. The van der Waals surface area contributed by atoms with Gasteiger partial charge in [0.15, 0.2) is 0 Å². The molecule has 1 aliphatic heterocycles. The number of benzene rings is 3. The van der Waals surface area contributed by atoms with E-state index >= 15 is 0 Å². The molecule has 0 radical (unpaired) electrons. The average Bonchev–Trinajstić information content (AvgIpc) is 2.80. The first-order valence-corrected chi connectivity index (χ1v) is 10.5. The lowest BCUT2D eigenvalue weighted by Gasteiger charge is -2.25. The summed E-state index contributed by atoms with van der Waals surface area (Å²) in [4.78, 5) is 37.3. The second kappa shape index (κ2) is 9.24. The van der Waals surface area contributed by atoms with E-state index in [4.69, 9.17) is 16.3 Å². The third kappa shape index (κ3) is 4.65. The van der Waals surface area contributed by atoms with Crippen LogP contribution in [0.1, 0.15) is 43.5 Å². The van der Waals surface area contributed by atoms with Crippen LogP contribution < -0.4 is 10.6 Å². The van der Waals surface area contributed by atoms with E-state index in [0.717, 1.165) is 16.7 Å². The van der Waals surface area contributed by atoms with Crippen molar-refractivity contribution >= 4 is 35.1 Å². The summed E-state index contributed by atoms with van der Waals surface area (Å²) < 4.78 is 5.55. The first-order chi connectivity index (χ1) is 15.4. The fourth-order valence-corrected chi connectivity index (χ4v) is 3.77. The molecule has 2 N–H and O–H groups in total. The Bertz CT molecular complexity index is 1190. The van der Waals surface area contributed by atoms with Crippen molar-refractivity contribution in [2.75, 3.05) is 11.9 Å². The number of ether oxygens (including phenoxy) is 1. The van der Waals surface area contributed by atoms with Crippen molar-refractivity contribution in [3.8, 4) is 0 Å². The lowest BCUT2D eigenvalue weighted by molar-refractivity contribution is -0.115. The van der Waals surface area contributed by atoms with Crippen LogP contribution in [0, 0.1) is 6.92 Å². The number of halogens is 1. The van der Waals surface area contributed by atoms with Crippen LogP contribution in [0.2, 0.25) is 5.02 Å². The second-order valence-corrected chi connectivity index (χ2v) is 7.93. The number of nitrogens with one attached hydrogen (secondary N) is 2. The molecule has 3 aromatic carbocycles. The van der Waals surface area contributed by atoms with Gasteiger partial charge < -0.3 is 15.4 Å². The fourth-order valence-electron chi connectivity index (χ4n) is 3.59. The highest BCUT2D eigenvalue weighted by atomic mass is 35.5. The highest BCUT2D eigenvalue weighted by Gasteiger charge is 2.28. The SMILES string of the molecule is Cc1c(Cl)cccc1NC(=O)CNC(=O)c1ccc2c(c1)CC(c1ccccc1)OC2=O. The van der Waals surface area contributed by atoms with Crippen LogP contribution in [0.4, 0.5) is 5.69 Å².